The lowest BCUT2D eigenvalue weighted by Crippen LogP contribution is -2.54. The fourth-order valence-electron chi connectivity index (χ4n) is 10.2. The van der Waals surface area contributed by atoms with Gasteiger partial charge in [0.2, 0.25) is 17.7 Å². The van der Waals surface area contributed by atoms with Gasteiger partial charge in [-0.1, -0.05) is 6.07 Å². The summed E-state index contributed by atoms with van der Waals surface area (Å²) in [6.45, 7) is 6.38. The van der Waals surface area contributed by atoms with Gasteiger partial charge in [0, 0.05) is 58.1 Å². The number of morpholine rings is 1. The Morgan fingerprint density at radius 2 is 1.74 bits per heavy atom. The van der Waals surface area contributed by atoms with Gasteiger partial charge in [0.1, 0.15) is 18.0 Å². The van der Waals surface area contributed by atoms with Crippen LogP contribution in [-0.4, -0.2) is 143 Å². The van der Waals surface area contributed by atoms with Crippen LogP contribution in [0.3, 0.4) is 0 Å². The maximum absolute atomic E-state index is 14.3. The van der Waals surface area contributed by atoms with Crippen molar-refractivity contribution in [2.75, 3.05) is 76.3 Å². The van der Waals surface area contributed by atoms with Crippen molar-refractivity contribution in [2.45, 2.75) is 82.5 Å². The molecule has 0 radical (unpaired) electrons. The second kappa shape index (κ2) is 17.8. The molecule has 9 rings (SSSR count). The van der Waals surface area contributed by atoms with Gasteiger partial charge in [0.25, 0.3) is 18.2 Å². The Balaban J connectivity index is 0.731. The Labute approximate surface area is 358 Å². The predicted molar refractivity (Wildman–Crippen MR) is 223 cm³/mol. The van der Waals surface area contributed by atoms with E-state index in [1.165, 1.54) is 0 Å². The van der Waals surface area contributed by atoms with Crippen LogP contribution >= 0.6 is 0 Å². The normalized spacial score (nSPS) is 27.0. The number of hydrogen-bond acceptors (Lipinski definition) is 13. The third-order valence-electron chi connectivity index (χ3n) is 13.8. The Hall–Kier alpha value is -5.27. The van der Waals surface area contributed by atoms with E-state index in [4.69, 9.17) is 9.73 Å². The standard InChI is InChI=1S/C43H55F2N11O6/c1-51(15-11-26-12-16-52(17-13-26)32-4-2-3-29-36(32)43(61)56(42(29)60)33-9-10-35(57)49-41(33)59)24-27-5-7-28(8-6-27)55-25-31(37(50-55)38(44)45)47-40(58)30-23-46-54-18-14-34(48-39(30)54)53-19-21-62-22-20-53/h2-4,14,18,25-28,30,33,38-39,46H,5-13,15-17,19-24H2,1H3,(H,47,58)(H,49,57,59)/t27-,28-,30?,33?,39?. The molecule has 0 spiro atoms. The molecule has 0 bridgehead atoms. The average Bonchev–Trinajstić information content (AvgIpc) is 3.98. The number of amides is 5. The number of aliphatic imine (C=N–C) groups is 1. The number of hydrazine groups is 1. The molecule has 3 unspecified atom stereocenters. The van der Waals surface area contributed by atoms with Crippen LogP contribution in [0.4, 0.5) is 20.2 Å². The van der Waals surface area contributed by atoms with Gasteiger partial charge in [0.05, 0.1) is 47.7 Å². The van der Waals surface area contributed by atoms with Crippen LogP contribution < -0.4 is 21.0 Å². The van der Waals surface area contributed by atoms with Gasteiger partial charge in [-0.05, 0) is 95.0 Å². The zero-order valence-electron chi connectivity index (χ0n) is 35.0. The molecule has 1 aromatic carbocycles. The molecule has 17 nitrogen and oxygen atoms in total. The highest BCUT2D eigenvalue weighted by Crippen LogP contribution is 2.38. The van der Waals surface area contributed by atoms with E-state index in [0.29, 0.717) is 61.5 Å². The topological polar surface area (TPSA) is 177 Å². The number of anilines is 2. The van der Waals surface area contributed by atoms with Crippen molar-refractivity contribution in [2.24, 2.45) is 22.7 Å². The lowest BCUT2D eigenvalue weighted by atomic mass is 9.85. The van der Waals surface area contributed by atoms with E-state index in [1.807, 2.05) is 18.3 Å². The maximum Gasteiger partial charge on any atom is 0.284 e. The first-order valence-electron chi connectivity index (χ1n) is 22.1. The summed E-state index contributed by atoms with van der Waals surface area (Å²) in [4.78, 5) is 77.4. The smallest absolute Gasteiger partial charge is 0.284 e. The minimum absolute atomic E-state index is 0.0301. The molecule has 3 N–H and O–H groups in total. The third-order valence-corrected chi connectivity index (χ3v) is 13.8. The van der Waals surface area contributed by atoms with Gasteiger partial charge in [0.15, 0.2) is 5.69 Å². The molecule has 5 fully saturated rings. The fraction of sp³-hybridized carbons (Fsp3) is 0.605. The van der Waals surface area contributed by atoms with Gasteiger partial charge in [-0.2, -0.15) is 5.10 Å². The first kappa shape index (κ1) is 42.1. The summed E-state index contributed by atoms with van der Waals surface area (Å²) in [5.74, 6) is -1.17. The zero-order valence-corrected chi connectivity index (χ0v) is 35.0. The number of benzene rings is 1. The number of alkyl halides is 2. The van der Waals surface area contributed by atoms with E-state index >= 15 is 0 Å². The Kier molecular flexibility index (Phi) is 12.1. The van der Waals surface area contributed by atoms with Crippen molar-refractivity contribution in [1.29, 1.82) is 0 Å². The largest absolute Gasteiger partial charge is 0.378 e. The highest BCUT2D eigenvalue weighted by atomic mass is 19.3. The van der Waals surface area contributed by atoms with E-state index in [2.05, 4.69) is 42.9 Å². The molecule has 19 heteroatoms. The van der Waals surface area contributed by atoms with E-state index in [1.54, 1.807) is 28.0 Å². The Bertz CT molecular complexity index is 2120. The summed E-state index contributed by atoms with van der Waals surface area (Å²) in [5, 5.41) is 11.1. The van der Waals surface area contributed by atoms with Gasteiger partial charge in [-0.3, -0.25) is 43.9 Å². The number of aromatic nitrogens is 2. The van der Waals surface area contributed by atoms with Crippen molar-refractivity contribution >= 4 is 46.7 Å². The van der Waals surface area contributed by atoms with Crippen molar-refractivity contribution in [1.82, 2.24) is 40.2 Å². The van der Waals surface area contributed by atoms with Crippen molar-refractivity contribution in [3.63, 3.8) is 0 Å². The molecule has 1 aliphatic carbocycles. The number of imide groups is 2. The number of amidine groups is 1. The number of rotatable bonds is 11. The number of fused-ring (bicyclic) bond motifs is 2. The highest BCUT2D eigenvalue weighted by Gasteiger charge is 2.46. The molecular weight excluding hydrogens is 805 g/mol. The van der Waals surface area contributed by atoms with Crippen molar-refractivity contribution < 1.29 is 37.5 Å². The van der Waals surface area contributed by atoms with E-state index in [9.17, 15) is 32.8 Å². The summed E-state index contributed by atoms with van der Waals surface area (Å²) in [7, 11) is 2.15. The quantitative estimate of drug-likeness (QED) is 0.282. The third kappa shape index (κ3) is 8.45. The zero-order chi connectivity index (χ0) is 43.1. The number of nitrogens with one attached hydrogen (secondary N) is 3. The molecule has 1 saturated carbocycles. The second-order valence-corrected chi connectivity index (χ2v) is 17.7. The second-order valence-electron chi connectivity index (χ2n) is 17.7. The molecular formula is C43H55F2N11O6. The summed E-state index contributed by atoms with van der Waals surface area (Å²) >= 11 is 0. The lowest BCUT2D eigenvalue weighted by Gasteiger charge is -2.36. The Morgan fingerprint density at radius 1 is 0.968 bits per heavy atom. The molecule has 7 heterocycles. The number of piperidine rings is 2. The van der Waals surface area contributed by atoms with Gasteiger partial charge >= 0.3 is 0 Å². The molecule has 3 atom stereocenters. The molecule has 332 valence electrons. The molecule has 7 aliphatic rings. The molecule has 6 aliphatic heterocycles. The summed E-state index contributed by atoms with van der Waals surface area (Å²) in [6, 6.07) is 4.26. The number of carbonyl (C=O) groups is 5. The van der Waals surface area contributed by atoms with Crippen LogP contribution in [-0.2, 0) is 19.1 Å². The summed E-state index contributed by atoms with van der Waals surface area (Å²) < 4.78 is 35.7. The van der Waals surface area contributed by atoms with Crippen molar-refractivity contribution in [3.8, 4) is 0 Å². The van der Waals surface area contributed by atoms with Crippen LogP contribution in [0.5, 0.6) is 0 Å². The number of carbonyl (C=O) groups excluding carboxylic acids is 5. The van der Waals surface area contributed by atoms with Gasteiger partial charge in [-0.15, -0.1) is 0 Å². The van der Waals surface area contributed by atoms with Crippen LogP contribution in [0, 0.1) is 17.8 Å². The van der Waals surface area contributed by atoms with E-state index < -0.39 is 53.9 Å². The van der Waals surface area contributed by atoms with Gasteiger partial charge in [-0.25, -0.2) is 19.2 Å². The number of ether oxygens (including phenoxy) is 1. The minimum atomic E-state index is -2.84. The fourth-order valence-corrected chi connectivity index (χ4v) is 10.2. The van der Waals surface area contributed by atoms with Crippen LogP contribution in [0.15, 0.2) is 41.7 Å². The molecule has 5 amide bonds. The maximum atomic E-state index is 14.3. The van der Waals surface area contributed by atoms with Crippen molar-refractivity contribution in [3.05, 3.63) is 53.5 Å². The lowest BCUT2D eigenvalue weighted by molar-refractivity contribution is -0.136. The average molecular weight is 860 g/mol. The highest BCUT2D eigenvalue weighted by molar-refractivity contribution is 6.25. The molecule has 2 aromatic rings. The predicted octanol–water partition coefficient (Wildman–Crippen LogP) is 3.15. The summed E-state index contributed by atoms with van der Waals surface area (Å²) in [6.07, 6.45) is 8.69. The Morgan fingerprint density at radius 3 is 2.48 bits per heavy atom. The molecule has 62 heavy (non-hydrogen) atoms. The summed E-state index contributed by atoms with van der Waals surface area (Å²) in [5.41, 5.74) is 4.17. The number of halogens is 2. The number of nitrogens with zero attached hydrogens (tertiary/aromatic N) is 8. The molecule has 1 aromatic heterocycles. The number of hydrogen-bond donors (Lipinski definition) is 3. The van der Waals surface area contributed by atoms with E-state index in [-0.39, 0.29) is 30.5 Å². The molecule has 4 saturated heterocycles. The minimum Gasteiger partial charge on any atom is -0.378 e. The monoisotopic (exact) mass is 859 g/mol. The van der Waals surface area contributed by atoms with Crippen LogP contribution in [0.2, 0.25) is 0 Å². The first-order chi connectivity index (χ1) is 30.0. The van der Waals surface area contributed by atoms with Crippen LogP contribution in [0.1, 0.15) is 96.7 Å². The first-order valence-corrected chi connectivity index (χ1v) is 22.1. The van der Waals surface area contributed by atoms with Crippen LogP contribution in [0.25, 0.3) is 0 Å². The van der Waals surface area contributed by atoms with Gasteiger partial charge < -0.3 is 24.8 Å². The SMILES string of the molecule is CN(CCC1CCN(c2cccc3c2C(=O)N(C2CCC(=O)NC2=O)C3=O)CC1)C[C@H]1CC[C@H](n2cc(NC(=O)C3CNN4C=CC(N5CCOCC5)=NC34)c(C(F)F)n2)CC1. The van der Waals surface area contributed by atoms with E-state index in [0.717, 1.165) is 81.9 Å².